The van der Waals surface area contributed by atoms with Crippen LogP contribution >= 0.6 is 11.3 Å². The number of rotatable bonds is 7. The van der Waals surface area contributed by atoms with Crippen LogP contribution in [0, 0.1) is 0 Å². The van der Waals surface area contributed by atoms with Gasteiger partial charge in [0.15, 0.2) is 0 Å². The number of nitrogens with one attached hydrogen (secondary N) is 2. The van der Waals surface area contributed by atoms with Crippen LogP contribution in [0.5, 0.6) is 5.75 Å². The number of fused-ring (bicyclic) bond motifs is 1. The number of para-hydroxylation sites is 1. The lowest BCUT2D eigenvalue weighted by atomic mass is 10.1. The first-order chi connectivity index (χ1) is 15.5. The molecule has 1 aliphatic carbocycles. The van der Waals surface area contributed by atoms with Crippen molar-refractivity contribution in [2.75, 3.05) is 11.9 Å². The average Bonchev–Trinajstić information content (AvgIpc) is 3.35. The number of ether oxygens (including phenoxy) is 1. The minimum atomic E-state index is -0.501. The maximum atomic E-state index is 13.1. The number of benzene rings is 2. The van der Waals surface area contributed by atoms with Gasteiger partial charge in [-0.3, -0.25) is 14.4 Å². The molecule has 0 spiro atoms. The molecule has 0 saturated carbocycles. The van der Waals surface area contributed by atoms with Gasteiger partial charge < -0.3 is 15.4 Å². The summed E-state index contributed by atoms with van der Waals surface area (Å²) in [6, 6.07) is 16.5. The minimum absolute atomic E-state index is 0.177. The van der Waals surface area contributed by atoms with Gasteiger partial charge in [-0.05, 0) is 48.9 Å². The second-order valence-electron chi connectivity index (χ2n) is 7.60. The summed E-state index contributed by atoms with van der Waals surface area (Å²) in [6.45, 7) is 1.80. The van der Waals surface area contributed by atoms with E-state index in [9.17, 15) is 14.4 Å². The first-order valence-corrected chi connectivity index (χ1v) is 11.4. The van der Waals surface area contributed by atoms with Gasteiger partial charge in [-0.2, -0.15) is 0 Å². The van der Waals surface area contributed by atoms with Gasteiger partial charge in [0.25, 0.3) is 11.8 Å². The molecule has 0 unspecified atom stereocenters. The zero-order valence-electron chi connectivity index (χ0n) is 17.8. The second kappa shape index (κ2) is 9.78. The highest BCUT2D eigenvalue weighted by atomic mass is 32.1. The van der Waals surface area contributed by atoms with Crippen molar-refractivity contribution in [2.45, 2.75) is 32.6 Å². The number of carbonyl (C=O) groups excluding carboxylic acids is 3. The number of amides is 2. The summed E-state index contributed by atoms with van der Waals surface area (Å²) in [6.07, 6.45) is 3.47. The van der Waals surface area contributed by atoms with Crippen molar-refractivity contribution in [1.29, 1.82) is 0 Å². The summed E-state index contributed by atoms with van der Waals surface area (Å²) < 4.78 is 5.16. The molecule has 3 aromatic rings. The van der Waals surface area contributed by atoms with Crippen molar-refractivity contribution in [3.63, 3.8) is 0 Å². The van der Waals surface area contributed by atoms with E-state index in [0.29, 0.717) is 17.1 Å². The summed E-state index contributed by atoms with van der Waals surface area (Å²) in [5, 5.41) is 6.42. The van der Waals surface area contributed by atoms with E-state index in [0.717, 1.165) is 41.7 Å². The Morgan fingerprint density at radius 2 is 1.72 bits per heavy atom. The topological polar surface area (TPSA) is 84.5 Å². The first kappa shape index (κ1) is 21.8. The molecule has 0 bridgehead atoms. The molecule has 1 heterocycles. The Kier molecular flexibility index (Phi) is 6.66. The van der Waals surface area contributed by atoms with Crippen LogP contribution in [0.3, 0.4) is 0 Å². The number of thiophene rings is 1. The van der Waals surface area contributed by atoms with Crippen LogP contribution < -0.4 is 15.4 Å². The van der Waals surface area contributed by atoms with Gasteiger partial charge in [-0.15, -0.1) is 11.3 Å². The Labute approximate surface area is 190 Å². The van der Waals surface area contributed by atoms with Crippen LogP contribution in [-0.4, -0.2) is 24.3 Å². The molecule has 0 radical (unpaired) electrons. The van der Waals surface area contributed by atoms with E-state index in [-0.39, 0.29) is 17.2 Å². The van der Waals surface area contributed by atoms with Crippen LogP contribution in [0.1, 0.15) is 50.1 Å². The molecule has 2 aromatic carbocycles. The minimum Gasteiger partial charge on any atom is -0.426 e. The smallest absolute Gasteiger partial charge is 0.308 e. The Morgan fingerprint density at radius 1 is 0.969 bits per heavy atom. The summed E-state index contributed by atoms with van der Waals surface area (Å²) in [7, 11) is 0. The number of anilines is 1. The monoisotopic (exact) mass is 448 g/mol. The quantitative estimate of drug-likeness (QED) is 0.415. The lowest BCUT2D eigenvalue weighted by Crippen LogP contribution is -2.27. The van der Waals surface area contributed by atoms with Crippen molar-refractivity contribution in [2.24, 2.45) is 0 Å². The van der Waals surface area contributed by atoms with Gasteiger partial charge in [0.05, 0.1) is 11.1 Å². The Balaban J connectivity index is 1.52. The Bertz CT molecular complexity index is 1150. The SMILES string of the molecule is CC(=O)Oc1ccccc1C(=O)Nc1sc2c(c1C(=O)NCCc1ccccc1)CCC2. The zero-order chi connectivity index (χ0) is 22.5. The van der Waals surface area contributed by atoms with Crippen molar-refractivity contribution in [3.05, 3.63) is 81.7 Å². The van der Waals surface area contributed by atoms with Crippen molar-refractivity contribution in [3.8, 4) is 5.75 Å². The molecule has 2 N–H and O–H groups in total. The molecule has 1 aliphatic rings. The fourth-order valence-electron chi connectivity index (χ4n) is 3.85. The molecule has 4 rings (SSSR count). The summed E-state index contributed by atoms with van der Waals surface area (Å²) in [5.41, 5.74) is 2.97. The van der Waals surface area contributed by atoms with E-state index in [1.807, 2.05) is 30.3 Å². The fraction of sp³-hybridized carbons (Fsp3) is 0.240. The van der Waals surface area contributed by atoms with Crippen molar-refractivity contribution in [1.82, 2.24) is 5.32 Å². The molecule has 7 heteroatoms. The Morgan fingerprint density at radius 3 is 2.50 bits per heavy atom. The van der Waals surface area contributed by atoms with Gasteiger partial charge in [0, 0.05) is 18.3 Å². The molecule has 2 amide bonds. The van der Waals surface area contributed by atoms with Crippen LogP contribution in [0.4, 0.5) is 5.00 Å². The van der Waals surface area contributed by atoms with Gasteiger partial charge in [0.1, 0.15) is 10.8 Å². The number of carbonyl (C=O) groups is 3. The van der Waals surface area contributed by atoms with E-state index in [4.69, 9.17) is 4.74 Å². The molecular formula is C25H24N2O4S. The highest BCUT2D eigenvalue weighted by Gasteiger charge is 2.28. The Hall–Kier alpha value is -3.45. The summed E-state index contributed by atoms with van der Waals surface area (Å²) in [4.78, 5) is 38.6. The van der Waals surface area contributed by atoms with E-state index in [1.54, 1.807) is 24.3 Å². The molecule has 0 aliphatic heterocycles. The predicted molar refractivity (Wildman–Crippen MR) is 125 cm³/mol. The largest absolute Gasteiger partial charge is 0.426 e. The number of hydrogen-bond donors (Lipinski definition) is 2. The summed E-state index contributed by atoms with van der Waals surface area (Å²) >= 11 is 1.45. The molecule has 164 valence electrons. The lowest BCUT2D eigenvalue weighted by molar-refractivity contribution is -0.131. The predicted octanol–water partition coefficient (Wildman–Crippen LogP) is 4.39. The zero-order valence-corrected chi connectivity index (χ0v) is 18.6. The third-order valence-corrected chi connectivity index (χ3v) is 6.51. The first-order valence-electron chi connectivity index (χ1n) is 10.6. The maximum Gasteiger partial charge on any atom is 0.308 e. The molecule has 1 aromatic heterocycles. The average molecular weight is 449 g/mol. The third kappa shape index (κ3) is 4.89. The van der Waals surface area contributed by atoms with Crippen molar-refractivity contribution >= 4 is 34.1 Å². The van der Waals surface area contributed by atoms with E-state index < -0.39 is 11.9 Å². The van der Waals surface area contributed by atoms with Crippen LogP contribution in [0.15, 0.2) is 54.6 Å². The highest BCUT2D eigenvalue weighted by molar-refractivity contribution is 7.17. The molecule has 0 saturated heterocycles. The van der Waals surface area contributed by atoms with Gasteiger partial charge in [-0.25, -0.2) is 0 Å². The molecule has 0 fully saturated rings. The molecule has 32 heavy (non-hydrogen) atoms. The molecule has 0 atom stereocenters. The van der Waals surface area contributed by atoms with Gasteiger partial charge in [0.2, 0.25) is 0 Å². The van der Waals surface area contributed by atoms with E-state index >= 15 is 0 Å². The molecular weight excluding hydrogens is 424 g/mol. The van der Waals surface area contributed by atoms with Crippen molar-refractivity contribution < 1.29 is 19.1 Å². The normalized spacial score (nSPS) is 12.2. The fourth-order valence-corrected chi connectivity index (χ4v) is 5.14. The highest BCUT2D eigenvalue weighted by Crippen LogP contribution is 2.39. The second-order valence-corrected chi connectivity index (χ2v) is 8.70. The standard InChI is InChI=1S/C25H24N2O4S/c1-16(28)31-20-12-6-5-10-18(20)23(29)27-25-22(19-11-7-13-21(19)32-25)24(30)26-15-14-17-8-3-2-4-9-17/h2-6,8-10,12H,7,11,13-15H2,1H3,(H,26,30)(H,27,29). The number of esters is 1. The van der Waals surface area contributed by atoms with Crippen LogP contribution in [0.25, 0.3) is 0 Å². The van der Waals surface area contributed by atoms with Crippen LogP contribution in [-0.2, 0) is 24.1 Å². The van der Waals surface area contributed by atoms with E-state index in [2.05, 4.69) is 10.6 Å². The van der Waals surface area contributed by atoms with E-state index in [1.165, 1.54) is 18.3 Å². The maximum absolute atomic E-state index is 13.1. The summed E-state index contributed by atoms with van der Waals surface area (Å²) in [5.74, 6) is -0.904. The van der Waals surface area contributed by atoms with Gasteiger partial charge in [-0.1, -0.05) is 42.5 Å². The number of aryl methyl sites for hydroxylation is 1. The molecule has 6 nitrogen and oxygen atoms in total. The third-order valence-electron chi connectivity index (χ3n) is 5.30. The lowest BCUT2D eigenvalue weighted by Gasteiger charge is -2.11. The van der Waals surface area contributed by atoms with Crippen LogP contribution in [0.2, 0.25) is 0 Å². The number of hydrogen-bond acceptors (Lipinski definition) is 5. The van der Waals surface area contributed by atoms with Gasteiger partial charge >= 0.3 is 5.97 Å².